The Bertz CT molecular complexity index is 435. The Morgan fingerprint density at radius 3 is 3.16 bits per heavy atom. The molecule has 0 spiro atoms. The SMILES string of the molecule is O=C(O)CO[C@@H]1COCC[C@H]1NC(=O)c1ncn[nH]1. The zero-order valence-electron chi connectivity index (χ0n) is 10.0. The van der Waals surface area contributed by atoms with Crippen molar-refractivity contribution in [2.24, 2.45) is 0 Å². The van der Waals surface area contributed by atoms with Gasteiger partial charge in [-0.25, -0.2) is 9.78 Å². The minimum Gasteiger partial charge on any atom is -0.480 e. The van der Waals surface area contributed by atoms with Crippen LogP contribution in [0.15, 0.2) is 6.33 Å². The summed E-state index contributed by atoms with van der Waals surface area (Å²) < 4.78 is 10.4. The summed E-state index contributed by atoms with van der Waals surface area (Å²) in [6.45, 7) is 0.297. The predicted molar refractivity (Wildman–Crippen MR) is 60.4 cm³/mol. The van der Waals surface area contributed by atoms with Gasteiger partial charge in [0.15, 0.2) is 0 Å². The summed E-state index contributed by atoms with van der Waals surface area (Å²) in [4.78, 5) is 26.0. The Morgan fingerprint density at radius 1 is 1.63 bits per heavy atom. The van der Waals surface area contributed by atoms with Crippen LogP contribution >= 0.6 is 0 Å². The first-order chi connectivity index (χ1) is 9.16. The number of nitrogens with zero attached hydrogens (tertiary/aromatic N) is 2. The van der Waals surface area contributed by atoms with Crippen LogP contribution in [0.4, 0.5) is 0 Å². The van der Waals surface area contributed by atoms with Crippen molar-refractivity contribution < 1.29 is 24.2 Å². The maximum Gasteiger partial charge on any atom is 0.329 e. The van der Waals surface area contributed by atoms with E-state index in [0.29, 0.717) is 13.0 Å². The lowest BCUT2D eigenvalue weighted by molar-refractivity contribution is -0.148. The third kappa shape index (κ3) is 3.73. The molecule has 9 heteroatoms. The number of ether oxygens (including phenoxy) is 2. The molecule has 0 aliphatic carbocycles. The Kier molecular flexibility index (Phi) is 4.42. The van der Waals surface area contributed by atoms with Crippen molar-refractivity contribution in [2.75, 3.05) is 19.8 Å². The fraction of sp³-hybridized carbons (Fsp3) is 0.600. The van der Waals surface area contributed by atoms with Crippen LogP contribution in [0.3, 0.4) is 0 Å². The highest BCUT2D eigenvalue weighted by molar-refractivity contribution is 5.90. The molecule has 1 amide bonds. The molecular formula is C10H14N4O5. The van der Waals surface area contributed by atoms with Crippen LogP contribution in [0.25, 0.3) is 0 Å². The van der Waals surface area contributed by atoms with Crippen molar-refractivity contribution in [1.82, 2.24) is 20.5 Å². The van der Waals surface area contributed by atoms with E-state index in [-0.39, 0.29) is 18.5 Å². The number of hydrogen-bond acceptors (Lipinski definition) is 6. The van der Waals surface area contributed by atoms with Gasteiger partial charge < -0.3 is 19.9 Å². The van der Waals surface area contributed by atoms with Crippen molar-refractivity contribution in [3.05, 3.63) is 12.2 Å². The van der Waals surface area contributed by atoms with Gasteiger partial charge in [-0.05, 0) is 6.42 Å². The van der Waals surface area contributed by atoms with Gasteiger partial charge in [-0.3, -0.25) is 9.89 Å². The highest BCUT2D eigenvalue weighted by Gasteiger charge is 2.29. The van der Waals surface area contributed by atoms with E-state index in [0.717, 1.165) is 0 Å². The molecule has 3 N–H and O–H groups in total. The fourth-order valence-corrected chi connectivity index (χ4v) is 1.77. The molecule has 1 aliphatic heterocycles. The molecule has 0 saturated carbocycles. The largest absolute Gasteiger partial charge is 0.480 e. The van der Waals surface area contributed by atoms with E-state index in [9.17, 15) is 9.59 Å². The molecule has 104 valence electrons. The number of carboxylic acid groups (broad SMARTS) is 1. The molecule has 0 aromatic carbocycles. The Balaban J connectivity index is 1.91. The van der Waals surface area contributed by atoms with E-state index in [1.54, 1.807) is 0 Å². The van der Waals surface area contributed by atoms with Gasteiger partial charge in [0.1, 0.15) is 19.0 Å². The number of nitrogens with one attached hydrogen (secondary N) is 2. The molecule has 1 aliphatic rings. The zero-order valence-corrected chi connectivity index (χ0v) is 10.0. The smallest absolute Gasteiger partial charge is 0.329 e. The standard InChI is InChI=1S/C10H14N4O5/c15-8(16)4-19-7-3-18-2-1-6(7)13-10(17)9-11-5-12-14-9/h5-7H,1-4H2,(H,13,17)(H,15,16)(H,11,12,14)/t6-,7-/m1/s1. The number of amides is 1. The molecule has 1 aromatic rings. The maximum absolute atomic E-state index is 11.8. The van der Waals surface area contributed by atoms with Crippen LogP contribution < -0.4 is 5.32 Å². The summed E-state index contributed by atoms with van der Waals surface area (Å²) in [5.74, 6) is -1.37. The fourth-order valence-electron chi connectivity index (χ4n) is 1.77. The van der Waals surface area contributed by atoms with Crippen LogP contribution in [0.5, 0.6) is 0 Å². The second kappa shape index (κ2) is 6.25. The number of aromatic amines is 1. The van der Waals surface area contributed by atoms with Gasteiger partial charge in [-0.1, -0.05) is 0 Å². The summed E-state index contributed by atoms with van der Waals surface area (Å²) >= 11 is 0. The molecule has 0 unspecified atom stereocenters. The summed E-state index contributed by atoms with van der Waals surface area (Å²) in [7, 11) is 0. The van der Waals surface area contributed by atoms with Crippen LogP contribution in [0.2, 0.25) is 0 Å². The normalized spacial score (nSPS) is 22.9. The summed E-state index contributed by atoms with van der Waals surface area (Å²) in [5, 5.41) is 17.3. The van der Waals surface area contributed by atoms with E-state index in [2.05, 4.69) is 20.5 Å². The Labute approximate surface area is 108 Å². The highest BCUT2D eigenvalue weighted by atomic mass is 16.5. The molecular weight excluding hydrogens is 256 g/mol. The van der Waals surface area contributed by atoms with Gasteiger partial charge in [0.25, 0.3) is 5.91 Å². The third-order valence-corrected chi connectivity index (χ3v) is 2.67. The maximum atomic E-state index is 11.8. The molecule has 19 heavy (non-hydrogen) atoms. The number of aliphatic carboxylic acids is 1. The second-order valence-electron chi connectivity index (χ2n) is 4.02. The monoisotopic (exact) mass is 270 g/mol. The van der Waals surface area contributed by atoms with Crippen molar-refractivity contribution in [3.8, 4) is 0 Å². The molecule has 2 atom stereocenters. The van der Waals surface area contributed by atoms with Crippen molar-refractivity contribution in [3.63, 3.8) is 0 Å². The molecule has 0 radical (unpaired) electrons. The number of carbonyl (C=O) groups excluding carboxylic acids is 1. The molecule has 2 heterocycles. The highest BCUT2D eigenvalue weighted by Crippen LogP contribution is 2.12. The minimum absolute atomic E-state index is 0.100. The molecule has 2 rings (SSSR count). The van der Waals surface area contributed by atoms with Crippen LogP contribution in [-0.2, 0) is 14.3 Å². The second-order valence-corrected chi connectivity index (χ2v) is 4.02. The number of hydrogen-bond donors (Lipinski definition) is 3. The topological polar surface area (TPSA) is 126 Å². The molecule has 9 nitrogen and oxygen atoms in total. The van der Waals surface area contributed by atoms with E-state index >= 15 is 0 Å². The van der Waals surface area contributed by atoms with Crippen LogP contribution in [0.1, 0.15) is 17.0 Å². The summed E-state index contributed by atoms with van der Waals surface area (Å²) in [6.07, 6.45) is 1.29. The third-order valence-electron chi connectivity index (χ3n) is 2.67. The molecule has 1 aromatic heterocycles. The van der Waals surface area contributed by atoms with E-state index in [1.807, 2.05) is 0 Å². The van der Waals surface area contributed by atoms with Crippen LogP contribution in [0, 0.1) is 0 Å². The number of carboxylic acids is 1. The van der Waals surface area contributed by atoms with E-state index in [4.69, 9.17) is 14.6 Å². The van der Waals surface area contributed by atoms with Gasteiger partial charge >= 0.3 is 5.97 Å². The first kappa shape index (κ1) is 13.4. The van der Waals surface area contributed by atoms with Gasteiger partial charge in [0.05, 0.1) is 12.6 Å². The van der Waals surface area contributed by atoms with Crippen molar-refractivity contribution >= 4 is 11.9 Å². The molecule has 1 saturated heterocycles. The molecule has 1 fully saturated rings. The number of aromatic nitrogens is 3. The lowest BCUT2D eigenvalue weighted by Crippen LogP contribution is -2.50. The first-order valence-corrected chi connectivity index (χ1v) is 5.74. The van der Waals surface area contributed by atoms with E-state index < -0.39 is 24.6 Å². The van der Waals surface area contributed by atoms with Crippen molar-refractivity contribution in [2.45, 2.75) is 18.6 Å². The zero-order chi connectivity index (χ0) is 13.7. The Hall–Kier alpha value is -2.00. The molecule has 0 bridgehead atoms. The number of rotatable bonds is 5. The van der Waals surface area contributed by atoms with Gasteiger partial charge in [-0.15, -0.1) is 0 Å². The average Bonchev–Trinajstić information content (AvgIpc) is 2.91. The average molecular weight is 270 g/mol. The number of H-pyrrole nitrogens is 1. The van der Waals surface area contributed by atoms with Gasteiger partial charge in [-0.2, -0.15) is 5.10 Å². The summed E-state index contributed by atoms with van der Waals surface area (Å²) in [5.41, 5.74) is 0. The Morgan fingerprint density at radius 2 is 2.47 bits per heavy atom. The lowest BCUT2D eigenvalue weighted by Gasteiger charge is -2.31. The minimum atomic E-state index is -1.06. The predicted octanol–water partition coefficient (Wildman–Crippen LogP) is -1.21. The lowest BCUT2D eigenvalue weighted by atomic mass is 10.1. The number of carbonyl (C=O) groups is 2. The van der Waals surface area contributed by atoms with Crippen LogP contribution in [-0.4, -0.2) is 64.1 Å². The first-order valence-electron chi connectivity index (χ1n) is 5.74. The summed E-state index contributed by atoms with van der Waals surface area (Å²) in [6, 6.07) is -0.314. The van der Waals surface area contributed by atoms with Gasteiger partial charge in [0.2, 0.25) is 5.82 Å². The van der Waals surface area contributed by atoms with E-state index in [1.165, 1.54) is 6.33 Å². The van der Waals surface area contributed by atoms with Crippen molar-refractivity contribution in [1.29, 1.82) is 0 Å². The quantitative estimate of drug-likeness (QED) is 0.613. The van der Waals surface area contributed by atoms with Gasteiger partial charge in [0, 0.05) is 6.61 Å².